The lowest BCUT2D eigenvalue weighted by atomic mass is 9.89. The van der Waals surface area contributed by atoms with Crippen molar-refractivity contribution in [2.75, 3.05) is 0 Å². The van der Waals surface area contributed by atoms with Crippen LogP contribution in [-0.2, 0) is 9.59 Å². The van der Waals surface area contributed by atoms with E-state index in [4.69, 9.17) is 0 Å². The van der Waals surface area contributed by atoms with Crippen LogP contribution in [0.4, 0.5) is 0 Å². The molecule has 1 N–H and O–H groups in total. The van der Waals surface area contributed by atoms with Crippen LogP contribution in [0.3, 0.4) is 0 Å². The zero-order chi connectivity index (χ0) is 16.2. The van der Waals surface area contributed by atoms with Crippen molar-refractivity contribution in [1.82, 2.24) is 0 Å². The summed E-state index contributed by atoms with van der Waals surface area (Å²) in [6.07, 6.45) is 2.55. The minimum absolute atomic E-state index is 0.123. The molecule has 4 nitrogen and oxygen atoms in total. The number of carboxylic acids is 1. The van der Waals surface area contributed by atoms with E-state index in [-0.39, 0.29) is 5.92 Å². The maximum atomic E-state index is 12.0. The van der Waals surface area contributed by atoms with E-state index in [1.165, 1.54) is 0 Å². The molecule has 1 rings (SSSR count). The van der Waals surface area contributed by atoms with Crippen LogP contribution in [0.15, 0.2) is 0 Å². The summed E-state index contributed by atoms with van der Waals surface area (Å²) >= 11 is 0. The second-order valence-electron chi connectivity index (χ2n) is 6.75. The summed E-state index contributed by atoms with van der Waals surface area (Å²) in [5.74, 6) is -0.368. The number of hydrogen-bond acceptors (Lipinski definition) is 4. The average molecular weight is 297 g/mol. The fourth-order valence-corrected chi connectivity index (χ4v) is 3.21. The van der Waals surface area contributed by atoms with E-state index in [9.17, 15) is 19.8 Å². The van der Waals surface area contributed by atoms with Crippen LogP contribution in [-0.4, -0.2) is 23.0 Å². The Kier molecular flexibility index (Phi) is 6.85. The largest absolute Gasteiger partial charge is 0.550 e. The summed E-state index contributed by atoms with van der Waals surface area (Å²) < 4.78 is 0. The minimum atomic E-state index is -1.16. The predicted molar refractivity (Wildman–Crippen MR) is 79.3 cm³/mol. The van der Waals surface area contributed by atoms with Crippen molar-refractivity contribution in [3.8, 4) is 0 Å². The fraction of sp³-hybridized carbons (Fsp3) is 0.882. The Morgan fingerprint density at radius 2 is 1.86 bits per heavy atom. The second-order valence-corrected chi connectivity index (χ2v) is 6.75. The molecule has 0 aromatic rings. The van der Waals surface area contributed by atoms with Crippen molar-refractivity contribution in [2.24, 2.45) is 29.6 Å². The number of carboxylic acid groups (broad SMARTS) is 1. The topological polar surface area (TPSA) is 77.4 Å². The van der Waals surface area contributed by atoms with E-state index in [0.29, 0.717) is 42.8 Å². The van der Waals surface area contributed by atoms with Crippen molar-refractivity contribution >= 4 is 11.8 Å². The number of aliphatic hydroxyl groups excluding tert-OH is 1. The Morgan fingerprint density at radius 3 is 2.33 bits per heavy atom. The van der Waals surface area contributed by atoms with E-state index < -0.39 is 18.0 Å². The lowest BCUT2D eigenvalue weighted by molar-refractivity contribution is -0.314. The lowest BCUT2D eigenvalue weighted by Gasteiger charge is -2.23. The molecule has 1 fully saturated rings. The van der Waals surface area contributed by atoms with Gasteiger partial charge in [0.25, 0.3) is 0 Å². The zero-order valence-corrected chi connectivity index (χ0v) is 13.7. The lowest BCUT2D eigenvalue weighted by Crippen LogP contribution is -2.38. The van der Waals surface area contributed by atoms with Crippen molar-refractivity contribution in [1.29, 1.82) is 0 Å². The number of ketones is 1. The maximum Gasteiger partial charge on any atom is 0.135 e. The first kappa shape index (κ1) is 18.1. The van der Waals surface area contributed by atoms with Gasteiger partial charge in [-0.05, 0) is 43.4 Å². The Labute approximate surface area is 127 Å². The number of carbonyl (C=O) groups is 2. The van der Waals surface area contributed by atoms with Crippen LogP contribution in [0.1, 0.15) is 59.8 Å². The van der Waals surface area contributed by atoms with E-state index in [1.54, 1.807) is 6.92 Å². The molecule has 0 bridgehead atoms. The highest BCUT2D eigenvalue weighted by atomic mass is 16.4. The first-order valence-corrected chi connectivity index (χ1v) is 8.23. The standard InChI is InChI=1S/C17H30O4/c1-5-10(3)15(18)7-11(4)14-8-12(14)9-16(19)13(6-2)17(20)21/h10-14,16,19H,5-9H2,1-4H3,(H,20,21)/p-1/t10-,11?,12?,13+,14?,16+/m0/s1. The zero-order valence-electron chi connectivity index (χ0n) is 13.7. The van der Waals surface area contributed by atoms with Gasteiger partial charge in [-0.2, -0.15) is 0 Å². The second kappa shape index (κ2) is 7.92. The molecule has 3 unspecified atom stereocenters. The minimum Gasteiger partial charge on any atom is -0.550 e. The number of hydrogen-bond donors (Lipinski definition) is 1. The maximum absolute atomic E-state index is 12.0. The molecule has 0 saturated heterocycles. The van der Waals surface area contributed by atoms with Gasteiger partial charge in [0.15, 0.2) is 0 Å². The Morgan fingerprint density at radius 1 is 1.24 bits per heavy atom. The molecule has 0 aromatic carbocycles. The highest BCUT2D eigenvalue weighted by Crippen LogP contribution is 2.49. The molecule has 1 saturated carbocycles. The summed E-state index contributed by atoms with van der Waals surface area (Å²) in [6, 6.07) is 0. The number of rotatable bonds is 10. The van der Waals surface area contributed by atoms with Crippen LogP contribution in [0.2, 0.25) is 0 Å². The third-order valence-electron chi connectivity index (χ3n) is 5.14. The van der Waals surface area contributed by atoms with Gasteiger partial charge < -0.3 is 15.0 Å². The Balaban J connectivity index is 2.39. The van der Waals surface area contributed by atoms with Gasteiger partial charge in [-0.15, -0.1) is 0 Å². The van der Waals surface area contributed by atoms with Gasteiger partial charge in [-0.3, -0.25) is 4.79 Å². The summed E-state index contributed by atoms with van der Waals surface area (Å²) in [5, 5.41) is 20.9. The third kappa shape index (κ3) is 5.10. The Bertz CT molecular complexity index is 366. The molecule has 0 spiro atoms. The first-order chi connectivity index (χ1) is 9.81. The molecule has 122 valence electrons. The number of aliphatic hydroxyl groups is 1. The molecule has 0 aromatic heterocycles. The van der Waals surface area contributed by atoms with Crippen LogP contribution in [0, 0.1) is 29.6 Å². The van der Waals surface area contributed by atoms with Crippen LogP contribution < -0.4 is 5.11 Å². The SMILES string of the molecule is CC[C@H](C)C(=O)CC(C)C1CC1C[C@@H](O)[C@@H](CC)C(=O)[O-]. The number of aliphatic carboxylic acids is 1. The van der Waals surface area contributed by atoms with E-state index in [2.05, 4.69) is 6.92 Å². The van der Waals surface area contributed by atoms with Gasteiger partial charge >= 0.3 is 0 Å². The van der Waals surface area contributed by atoms with Gasteiger partial charge in [0.1, 0.15) is 5.78 Å². The predicted octanol–water partition coefficient (Wildman–Crippen LogP) is 1.79. The third-order valence-corrected chi connectivity index (χ3v) is 5.14. The number of Topliss-reactive ketones (excluding diaryl/α,β-unsaturated/α-hetero) is 1. The van der Waals surface area contributed by atoms with Crippen molar-refractivity contribution < 1.29 is 19.8 Å². The molecule has 0 radical (unpaired) electrons. The molecule has 21 heavy (non-hydrogen) atoms. The normalized spacial score (nSPS) is 26.7. The van der Waals surface area contributed by atoms with Gasteiger partial charge in [-0.1, -0.05) is 27.7 Å². The van der Waals surface area contributed by atoms with Gasteiger partial charge in [0.05, 0.1) is 6.10 Å². The van der Waals surface area contributed by atoms with E-state index >= 15 is 0 Å². The molecule has 0 amide bonds. The quantitative estimate of drug-likeness (QED) is 0.667. The summed E-state index contributed by atoms with van der Waals surface area (Å²) in [5.41, 5.74) is 0. The summed E-state index contributed by atoms with van der Waals surface area (Å²) in [4.78, 5) is 22.9. The highest BCUT2D eigenvalue weighted by molar-refractivity contribution is 5.80. The van der Waals surface area contributed by atoms with Gasteiger partial charge in [0.2, 0.25) is 0 Å². The monoisotopic (exact) mass is 297 g/mol. The van der Waals surface area contributed by atoms with Crippen molar-refractivity contribution in [3.05, 3.63) is 0 Å². The summed E-state index contributed by atoms with van der Waals surface area (Å²) in [7, 11) is 0. The molecule has 6 atom stereocenters. The van der Waals surface area contributed by atoms with Gasteiger partial charge in [0, 0.05) is 24.2 Å². The molecular weight excluding hydrogens is 268 g/mol. The van der Waals surface area contributed by atoms with E-state index in [1.807, 2.05) is 13.8 Å². The molecule has 4 heteroatoms. The highest BCUT2D eigenvalue weighted by Gasteiger charge is 2.43. The Hall–Kier alpha value is -0.900. The van der Waals surface area contributed by atoms with Crippen LogP contribution in [0.5, 0.6) is 0 Å². The van der Waals surface area contributed by atoms with Crippen LogP contribution >= 0.6 is 0 Å². The van der Waals surface area contributed by atoms with Crippen molar-refractivity contribution in [2.45, 2.75) is 65.9 Å². The average Bonchev–Trinajstić information content (AvgIpc) is 3.17. The van der Waals surface area contributed by atoms with Gasteiger partial charge in [-0.25, -0.2) is 0 Å². The fourth-order valence-electron chi connectivity index (χ4n) is 3.21. The molecule has 1 aliphatic carbocycles. The smallest absolute Gasteiger partial charge is 0.135 e. The molecule has 0 aliphatic heterocycles. The van der Waals surface area contributed by atoms with Crippen molar-refractivity contribution in [3.63, 3.8) is 0 Å². The number of carbonyl (C=O) groups excluding carboxylic acids is 2. The molecular formula is C17H29O4-. The summed E-state index contributed by atoms with van der Waals surface area (Å²) in [6.45, 7) is 7.83. The van der Waals surface area contributed by atoms with Crippen LogP contribution in [0.25, 0.3) is 0 Å². The molecule has 0 heterocycles. The van der Waals surface area contributed by atoms with E-state index in [0.717, 1.165) is 12.8 Å². The molecule has 1 aliphatic rings. The first-order valence-electron chi connectivity index (χ1n) is 8.23.